The van der Waals surface area contributed by atoms with E-state index in [1.165, 1.54) is 10.5 Å². The minimum Gasteiger partial charge on any atom is -0.497 e. The molecule has 0 saturated carbocycles. The Morgan fingerprint density at radius 3 is 2.28 bits per heavy atom. The average molecular weight is 356 g/mol. The number of rotatable bonds is 6. The van der Waals surface area contributed by atoms with E-state index in [0.29, 0.717) is 0 Å². The number of likely N-dealkylation sites (tertiary alicyclic amines) is 1. The molecule has 0 aromatic heterocycles. The smallest absolute Gasteiger partial charge is 0.166 e. The standard InChI is InChI=1S/C21H25NO2S/c1-24-19-7-5-17(6-8-19)21(23)18-11-13-22(14-12-18)15-16-3-9-20(25-2)10-4-16/h3-10,18H,11-15H2,1-2H3. The third-order valence-corrected chi connectivity index (χ3v) is 5.64. The Labute approximate surface area is 154 Å². The topological polar surface area (TPSA) is 29.5 Å². The van der Waals surface area contributed by atoms with Crippen LogP contribution in [0.5, 0.6) is 5.75 Å². The third kappa shape index (κ3) is 4.65. The summed E-state index contributed by atoms with van der Waals surface area (Å²) in [5, 5.41) is 0. The fourth-order valence-electron chi connectivity index (χ4n) is 3.33. The predicted octanol–water partition coefficient (Wildman–Crippen LogP) is 4.51. The predicted molar refractivity (Wildman–Crippen MR) is 104 cm³/mol. The van der Waals surface area contributed by atoms with Crippen LogP contribution < -0.4 is 4.74 Å². The van der Waals surface area contributed by atoms with Gasteiger partial charge in [-0.25, -0.2) is 0 Å². The molecule has 132 valence electrons. The van der Waals surface area contributed by atoms with Crippen molar-refractivity contribution >= 4 is 17.5 Å². The number of Topliss-reactive ketones (excluding diaryl/α,β-unsaturated/α-hetero) is 1. The molecule has 1 heterocycles. The summed E-state index contributed by atoms with van der Waals surface area (Å²) in [5.74, 6) is 1.20. The van der Waals surface area contributed by atoms with Gasteiger partial charge in [-0.1, -0.05) is 12.1 Å². The number of thioether (sulfide) groups is 1. The summed E-state index contributed by atoms with van der Waals surface area (Å²) < 4.78 is 5.16. The molecule has 0 N–H and O–H groups in total. The van der Waals surface area contributed by atoms with Crippen molar-refractivity contribution in [3.8, 4) is 5.75 Å². The van der Waals surface area contributed by atoms with E-state index >= 15 is 0 Å². The zero-order valence-corrected chi connectivity index (χ0v) is 15.7. The first-order valence-electron chi connectivity index (χ1n) is 8.73. The summed E-state index contributed by atoms with van der Waals surface area (Å²) in [6, 6.07) is 16.3. The van der Waals surface area contributed by atoms with Crippen molar-refractivity contribution in [3.63, 3.8) is 0 Å². The molecule has 0 radical (unpaired) electrons. The normalized spacial score (nSPS) is 15.9. The van der Waals surface area contributed by atoms with E-state index in [0.717, 1.165) is 43.8 Å². The van der Waals surface area contributed by atoms with Gasteiger partial charge in [-0.2, -0.15) is 0 Å². The van der Waals surface area contributed by atoms with Gasteiger partial charge in [-0.3, -0.25) is 9.69 Å². The van der Waals surface area contributed by atoms with Crippen LogP contribution in [0.4, 0.5) is 0 Å². The largest absolute Gasteiger partial charge is 0.497 e. The Hall–Kier alpha value is -1.78. The van der Waals surface area contributed by atoms with Gasteiger partial charge in [-0.15, -0.1) is 11.8 Å². The molecule has 2 aromatic rings. The fraction of sp³-hybridized carbons (Fsp3) is 0.381. The maximum Gasteiger partial charge on any atom is 0.166 e. The van der Waals surface area contributed by atoms with E-state index in [9.17, 15) is 4.79 Å². The van der Waals surface area contributed by atoms with Crippen LogP contribution in [0.15, 0.2) is 53.4 Å². The number of ketones is 1. The van der Waals surface area contributed by atoms with Crippen LogP contribution >= 0.6 is 11.8 Å². The molecule has 3 rings (SSSR count). The first-order chi connectivity index (χ1) is 12.2. The lowest BCUT2D eigenvalue weighted by molar-refractivity contribution is 0.0835. The second-order valence-electron chi connectivity index (χ2n) is 6.49. The Bertz CT molecular complexity index is 689. The number of carbonyl (C=O) groups excluding carboxylic acids is 1. The molecule has 0 atom stereocenters. The summed E-state index contributed by atoms with van der Waals surface area (Å²) in [6.07, 6.45) is 3.97. The highest BCUT2D eigenvalue weighted by molar-refractivity contribution is 7.98. The summed E-state index contributed by atoms with van der Waals surface area (Å²) in [6.45, 7) is 2.94. The molecule has 0 spiro atoms. The van der Waals surface area contributed by atoms with E-state index in [-0.39, 0.29) is 11.7 Å². The van der Waals surface area contributed by atoms with E-state index in [2.05, 4.69) is 35.4 Å². The highest BCUT2D eigenvalue weighted by atomic mass is 32.2. The molecular formula is C21H25NO2S. The van der Waals surface area contributed by atoms with Gasteiger partial charge in [0.25, 0.3) is 0 Å². The highest BCUT2D eigenvalue weighted by Gasteiger charge is 2.25. The molecule has 2 aromatic carbocycles. The number of benzene rings is 2. The van der Waals surface area contributed by atoms with Crippen LogP contribution in [0.1, 0.15) is 28.8 Å². The molecular weight excluding hydrogens is 330 g/mol. The van der Waals surface area contributed by atoms with Crippen molar-refractivity contribution in [2.24, 2.45) is 5.92 Å². The number of hydrogen-bond donors (Lipinski definition) is 0. The molecule has 3 nitrogen and oxygen atoms in total. The molecule has 1 aliphatic rings. The fourth-order valence-corrected chi connectivity index (χ4v) is 3.74. The SMILES string of the molecule is COc1ccc(C(=O)C2CCN(Cc3ccc(SC)cc3)CC2)cc1. The molecule has 1 fully saturated rings. The Balaban J connectivity index is 1.52. The average Bonchev–Trinajstić information content (AvgIpc) is 2.69. The van der Waals surface area contributed by atoms with Gasteiger partial charge in [-0.05, 0) is 74.1 Å². The van der Waals surface area contributed by atoms with Gasteiger partial charge in [0.1, 0.15) is 5.75 Å². The first-order valence-corrected chi connectivity index (χ1v) is 9.95. The zero-order valence-electron chi connectivity index (χ0n) is 14.9. The van der Waals surface area contributed by atoms with Crippen LogP contribution in [0, 0.1) is 5.92 Å². The van der Waals surface area contributed by atoms with E-state index in [4.69, 9.17) is 4.74 Å². The second kappa shape index (κ2) is 8.54. The van der Waals surface area contributed by atoms with Crippen LogP contribution in [0.2, 0.25) is 0 Å². The van der Waals surface area contributed by atoms with Gasteiger partial charge < -0.3 is 4.74 Å². The Morgan fingerprint density at radius 1 is 1.08 bits per heavy atom. The zero-order chi connectivity index (χ0) is 17.6. The molecule has 1 aliphatic heterocycles. The van der Waals surface area contributed by atoms with Crippen molar-refractivity contribution < 1.29 is 9.53 Å². The maximum absolute atomic E-state index is 12.7. The lowest BCUT2D eigenvalue weighted by Gasteiger charge is -2.31. The third-order valence-electron chi connectivity index (χ3n) is 4.90. The van der Waals surface area contributed by atoms with E-state index in [1.807, 2.05) is 24.3 Å². The molecule has 0 unspecified atom stereocenters. The molecule has 0 bridgehead atoms. The maximum atomic E-state index is 12.7. The van der Waals surface area contributed by atoms with Gasteiger partial charge >= 0.3 is 0 Å². The van der Waals surface area contributed by atoms with Gasteiger partial charge in [0, 0.05) is 22.9 Å². The Kier molecular flexibility index (Phi) is 6.16. The quantitative estimate of drug-likeness (QED) is 0.563. The summed E-state index contributed by atoms with van der Waals surface area (Å²) in [4.78, 5) is 16.4. The van der Waals surface area contributed by atoms with Crippen molar-refractivity contribution in [3.05, 3.63) is 59.7 Å². The van der Waals surface area contributed by atoms with Crippen LogP contribution in [-0.4, -0.2) is 37.1 Å². The number of ether oxygens (including phenoxy) is 1. The van der Waals surface area contributed by atoms with Gasteiger partial charge in [0.05, 0.1) is 7.11 Å². The number of piperidine rings is 1. The monoisotopic (exact) mass is 355 g/mol. The summed E-state index contributed by atoms with van der Waals surface area (Å²) in [7, 11) is 1.64. The van der Waals surface area contributed by atoms with Crippen LogP contribution in [-0.2, 0) is 6.54 Å². The summed E-state index contributed by atoms with van der Waals surface area (Å²) >= 11 is 1.77. The number of hydrogen-bond acceptors (Lipinski definition) is 4. The summed E-state index contributed by atoms with van der Waals surface area (Å²) in [5.41, 5.74) is 2.14. The van der Waals surface area contributed by atoms with E-state index in [1.54, 1.807) is 18.9 Å². The first kappa shape index (κ1) is 18.0. The lowest BCUT2D eigenvalue weighted by atomic mass is 9.88. The highest BCUT2D eigenvalue weighted by Crippen LogP contribution is 2.24. The van der Waals surface area contributed by atoms with Crippen molar-refractivity contribution in [2.45, 2.75) is 24.3 Å². The molecule has 25 heavy (non-hydrogen) atoms. The van der Waals surface area contributed by atoms with Gasteiger partial charge in [0.15, 0.2) is 5.78 Å². The van der Waals surface area contributed by atoms with Crippen LogP contribution in [0.3, 0.4) is 0 Å². The second-order valence-corrected chi connectivity index (χ2v) is 7.37. The van der Waals surface area contributed by atoms with Crippen molar-refractivity contribution in [2.75, 3.05) is 26.5 Å². The van der Waals surface area contributed by atoms with Crippen molar-refractivity contribution in [1.29, 1.82) is 0 Å². The van der Waals surface area contributed by atoms with Crippen molar-refractivity contribution in [1.82, 2.24) is 4.90 Å². The van der Waals surface area contributed by atoms with Gasteiger partial charge in [0.2, 0.25) is 0 Å². The minimum atomic E-state index is 0.142. The molecule has 0 amide bonds. The Morgan fingerprint density at radius 2 is 1.72 bits per heavy atom. The minimum absolute atomic E-state index is 0.142. The van der Waals surface area contributed by atoms with E-state index < -0.39 is 0 Å². The molecule has 0 aliphatic carbocycles. The molecule has 1 saturated heterocycles. The molecule has 4 heteroatoms. The number of methoxy groups -OCH3 is 1. The number of carbonyl (C=O) groups is 1. The lowest BCUT2D eigenvalue weighted by Crippen LogP contribution is -2.35. The van der Waals surface area contributed by atoms with Crippen LogP contribution in [0.25, 0.3) is 0 Å². The number of nitrogens with zero attached hydrogens (tertiary/aromatic N) is 1.